The highest BCUT2D eigenvalue weighted by Crippen LogP contribution is 2.35. The van der Waals surface area contributed by atoms with Gasteiger partial charge in [0, 0.05) is 23.7 Å². The number of halogens is 4. The third-order valence-corrected chi connectivity index (χ3v) is 10.2. The lowest BCUT2D eigenvalue weighted by molar-refractivity contribution is -0.138. The van der Waals surface area contributed by atoms with Crippen LogP contribution in [0.4, 0.5) is 23.7 Å². The summed E-state index contributed by atoms with van der Waals surface area (Å²) in [7, 11) is -2.16. The molecule has 0 bridgehead atoms. The smallest absolute Gasteiger partial charge is 0.422 e. The molecule has 0 spiro atoms. The van der Waals surface area contributed by atoms with Crippen LogP contribution in [0.2, 0.25) is 5.02 Å². The number of hydrogen-bond acceptors (Lipinski definition) is 10. The molecule has 54 heavy (non-hydrogen) atoms. The van der Waals surface area contributed by atoms with E-state index >= 15 is 0 Å². The van der Waals surface area contributed by atoms with Crippen LogP contribution in [0.1, 0.15) is 56.5 Å². The molecule has 2 heterocycles. The molecule has 3 aromatic carbocycles. The maximum absolute atomic E-state index is 14.2. The summed E-state index contributed by atoms with van der Waals surface area (Å²) >= 11 is 5.85. The highest BCUT2D eigenvalue weighted by atomic mass is 35.5. The van der Waals surface area contributed by atoms with Crippen LogP contribution < -0.4 is 18.5 Å². The van der Waals surface area contributed by atoms with Gasteiger partial charge in [0.2, 0.25) is 0 Å². The van der Waals surface area contributed by atoms with Gasteiger partial charge in [-0.3, -0.25) is 9.69 Å². The average Bonchev–Trinajstić information content (AvgIpc) is 3.40. The van der Waals surface area contributed by atoms with Gasteiger partial charge < -0.3 is 23.5 Å². The van der Waals surface area contributed by atoms with Crippen molar-refractivity contribution in [3.8, 4) is 11.5 Å². The molecule has 1 N–H and O–H groups in total. The zero-order valence-corrected chi connectivity index (χ0v) is 31.8. The topological polar surface area (TPSA) is 142 Å². The molecule has 18 heteroatoms. The van der Waals surface area contributed by atoms with Gasteiger partial charge in [-0.1, -0.05) is 29.8 Å². The number of nitrogens with zero attached hydrogens (tertiary/aromatic N) is 4. The van der Waals surface area contributed by atoms with Crippen LogP contribution in [-0.4, -0.2) is 73.9 Å². The van der Waals surface area contributed by atoms with E-state index in [4.69, 9.17) is 25.8 Å². The number of amides is 1. The number of aryl methyl sites for hydroxylation is 1. The standard InChI is InChI=1S/C36H41ClF3N5O8S/c1-36(2,3)53-35(47)42-54(48,49)45(20-32(46)50-5)26-17-29-33(30(18-26)52-34(39)40)41-31(43(29)4)19-44-13-11-22(12-14-44)23-7-6-8-27(15-23)51-21-24-9-10-25(37)16-28(24)38/h6-10,15-18,22,34H,11-14,19-21H2,1-5H3,(H,42,47). The molecule has 1 amide bonds. The maximum Gasteiger partial charge on any atom is 0.422 e. The van der Waals surface area contributed by atoms with Crippen molar-refractivity contribution >= 4 is 50.6 Å². The summed E-state index contributed by atoms with van der Waals surface area (Å²) < 4.78 is 92.7. The van der Waals surface area contributed by atoms with Crippen LogP contribution in [-0.2, 0) is 44.7 Å². The van der Waals surface area contributed by atoms with Crippen LogP contribution in [0, 0.1) is 5.82 Å². The minimum Gasteiger partial charge on any atom is -0.489 e. The molecule has 5 rings (SSSR count). The fourth-order valence-electron chi connectivity index (χ4n) is 6.00. The molecule has 1 aromatic heterocycles. The van der Waals surface area contributed by atoms with Gasteiger partial charge >= 0.3 is 28.9 Å². The number of anilines is 1. The minimum absolute atomic E-state index is 0.0391. The number of methoxy groups -OCH3 is 1. The quantitative estimate of drug-likeness (QED) is 0.146. The van der Waals surface area contributed by atoms with Crippen LogP contribution in [0.5, 0.6) is 11.5 Å². The third kappa shape index (κ3) is 10.3. The van der Waals surface area contributed by atoms with Crippen molar-refractivity contribution in [2.45, 2.75) is 64.9 Å². The summed E-state index contributed by atoms with van der Waals surface area (Å²) in [6.07, 6.45) is 0.281. The molecule has 0 saturated carbocycles. The number of piperidine rings is 1. The molecule has 0 radical (unpaired) electrons. The Labute approximate surface area is 316 Å². The Kier molecular flexibility index (Phi) is 12.5. The molecule has 0 aliphatic carbocycles. The largest absolute Gasteiger partial charge is 0.489 e. The zero-order chi connectivity index (χ0) is 39.4. The van der Waals surface area contributed by atoms with E-state index in [2.05, 4.69) is 14.6 Å². The summed E-state index contributed by atoms with van der Waals surface area (Å²) in [5.74, 6) is -0.555. The Bertz CT molecular complexity index is 2100. The van der Waals surface area contributed by atoms with Crippen molar-refractivity contribution in [1.29, 1.82) is 0 Å². The summed E-state index contributed by atoms with van der Waals surface area (Å²) in [5, 5.41) is 0.309. The molecule has 4 aromatic rings. The minimum atomic E-state index is -4.85. The van der Waals surface area contributed by atoms with Crippen LogP contribution in [0.3, 0.4) is 0 Å². The SMILES string of the molecule is COC(=O)CN(c1cc(OC(F)F)c2nc(CN3CCC(c4cccc(OCc5ccc(Cl)cc5F)c4)CC3)n(C)c2c1)S(=O)(=O)NC(=O)OC(C)(C)C. The number of alkyl halides is 2. The summed E-state index contributed by atoms with van der Waals surface area (Å²) in [6.45, 7) is 2.13. The number of hydrogen-bond donors (Lipinski definition) is 1. The second-order valence-electron chi connectivity index (χ2n) is 13.6. The highest BCUT2D eigenvalue weighted by Gasteiger charge is 2.32. The molecule has 0 unspecified atom stereocenters. The Balaban J connectivity index is 1.34. The molecular formula is C36H41ClF3N5O8S. The molecule has 1 saturated heterocycles. The summed E-state index contributed by atoms with van der Waals surface area (Å²) in [5.41, 5.74) is 0.414. The number of nitrogens with one attached hydrogen (secondary N) is 1. The second-order valence-corrected chi connectivity index (χ2v) is 15.6. The third-order valence-electron chi connectivity index (χ3n) is 8.63. The van der Waals surface area contributed by atoms with Crippen molar-refractivity contribution in [3.63, 3.8) is 0 Å². The number of likely N-dealkylation sites (tertiary alicyclic amines) is 1. The maximum atomic E-state index is 14.2. The predicted octanol–water partition coefficient (Wildman–Crippen LogP) is 6.67. The van der Waals surface area contributed by atoms with Gasteiger partial charge in [0.05, 0.1) is 24.9 Å². The first-order chi connectivity index (χ1) is 25.4. The number of fused-ring (bicyclic) bond motifs is 1. The molecule has 0 atom stereocenters. The van der Waals surface area contributed by atoms with Crippen molar-refractivity contribution in [1.82, 2.24) is 19.2 Å². The second kappa shape index (κ2) is 16.7. The molecule has 292 valence electrons. The van der Waals surface area contributed by atoms with E-state index in [0.717, 1.165) is 31.6 Å². The number of aromatic nitrogens is 2. The van der Waals surface area contributed by atoms with E-state index in [-0.39, 0.29) is 29.2 Å². The molecule has 1 fully saturated rings. The van der Waals surface area contributed by atoms with Crippen molar-refractivity contribution in [2.75, 3.05) is 31.0 Å². The number of benzene rings is 3. The van der Waals surface area contributed by atoms with E-state index < -0.39 is 52.6 Å². The lowest BCUT2D eigenvalue weighted by atomic mass is 9.89. The van der Waals surface area contributed by atoms with Crippen LogP contribution in [0.15, 0.2) is 54.6 Å². The number of imidazole rings is 1. The van der Waals surface area contributed by atoms with Crippen molar-refractivity contribution in [3.05, 3.63) is 82.4 Å². The molecule has 1 aliphatic heterocycles. The first kappa shape index (κ1) is 40.4. The number of rotatable bonds is 13. The summed E-state index contributed by atoms with van der Waals surface area (Å²) in [4.78, 5) is 31.5. The molecule has 1 aliphatic rings. The van der Waals surface area contributed by atoms with Crippen molar-refractivity contribution < 1.29 is 50.1 Å². The molecular weight excluding hydrogens is 755 g/mol. The number of esters is 1. The fourth-order valence-corrected chi connectivity index (χ4v) is 7.18. The normalized spacial score (nSPS) is 14.3. The molecule has 13 nitrogen and oxygen atoms in total. The van der Waals surface area contributed by atoms with Gasteiger partial charge in [-0.15, -0.1) is 0 Å². The highest BCUT2D eigenvalue weighted by molar-refractivity contribution is 7.91. The first-order valence-corrected chi connectivity index (χ1v) is 18.7. The first-order valence-electron chi connectivity index (χ1n) is 16.9. The Morgan fingerprint density at radius 3 is 2.46 bits per heavy atom. The number of carbonyl (C=O) groups is 2. The number of ether oxygens (including phenoxy) is 4. The predicted molar refractivity (Wildman–Crippen MR) is 194 cm³/mol. The lowest BCUT2D eigenvalue weighted by Crippen LogP contribution is -2.47. The van der Waals surface area contributed by atoms with Crippen molar-refractivity contribution in [2.24, 2.45) is 7.05 Å². The van der Waals surface area contributed by atoms with Gasteiger partial charge in [0.1, 0.15) is 41.7 Å². The van der Waals surface area contributed by atoms with Crippen LogP contribution in [0.25, 0.3) is 11.0 Å². The average molecular weight is 796 g/mol. The van der Waals surface area contributed by atoms with E-state index in [1.807, 2.05) is 24.3 Å². The Morgan fingerprint density at radius 1 is 1.09 bits per heavy atom. The Morgan fingerprint density at radius 2 is 1.81 bits per heavy atom. The summed E-state index contributed by atoms with van der Waals surface area (Å²) in [6, 6.07) is 14.5. The van der Waals surface area contributed by atoms with E-state index in [1.165, 1.54) is 32.9 Å². The monoisotopic (exact) mass is 795 g/mol. The van der Waals surface area contributed by atoms with E-state index in [1.54, 1.807) is 28.5 Å². The van der Waals surface area contributed by atoms with Gasteiger partial charge in [0.25, 0.3) is 0 Å². The van der Waals surface area contributed by atoms with E-state index in [9.17, 15) is 31.2 Å². The van der Waals surface area contributed by atoms with Gasteiger partial charge in [-0.25, -0.2) is 23.2 Å². The number of carbonyl (C=O) groups excluding carboxylic acids is 2. The van der Waals surface area contributed by atoms with Gasteiger partial charge in [-0.05, 0) is 88.5 Å². The fraction of sp³-hybridized carbons (Fsp3) is 0.417. The Hall–Kier alpha value is -4.74. The lowest BCUT2D eigenvalue weighted by Gasteiger charge is -2.32. The van der Waals surface area contributed by atoms with Gasteiger partial charge in [0.15, 0.2) is 5.75 Å². The zero-order valence-electron chi connectivity index (χ0n) is 30.3. The van der Waals surface area contributed by atoms with Gasteiger partial charge in [-0.2, -0.15) is 17.2 Å². The van der Waals surface area contributed by atoms with E-state index in [0.29, 0.717) is 46.1 Å². The van der Waals surface area contributed by atoms with Crippen LogP contribution >= 0.6 is 11.6 Å².